The van der Waals surface area contributed by atoms with Crippen LogP contribution in [0.25, 0.3) is 0 Å². The van der Waals surface area contributed by atoms with Gasteiger partial charge in [-0.05, 0) is 42.5 Å². The molecule has 1 N–H and O–H groups in total. The first-order valence-electron chi connectivity index (χ1n) is 11.2. The topological polar surface area (TPSA) is 85.3 Å². The van der Waals surface area contributed by atoms with Crippen LogP contribution in [0.3, 0.4) is 0 Å². The maximum atomic E-state index is 13.5. The lowest BCUT2D eigenvalue weighted by molar-refractivity contribution is -0.225. The van der Waals surface area contributed by atoms with Gasteiger partial charge in [0.15, 0.2) is 0 Å². The van der Waals surface area contributed by atoms with Gasteiger partial charge in [-0.1, -0.05) is 42.5 Å². The second kappa shape index (κ2) is 9.37. The van der Waals surface area contributed by atoms with E-state index in [-0.39, 0.29) is 18.0 Å². The van der Waals surface area contributed by atoms with Crippen LogP contribution in [-0.4, -0.2) is 40.9 Å². The Labute approximate surface area is 197 Å². The molecule has 0 bridgehead atoms. The number of carbonyl (C=O) groups excluding carboxylic acids is 2. The maximum Gasteiger partial charge on any atom is 0.410 e. The third kappa shape index (κ3) is 5.16. The lowest BCUT2D eigenvalue weighted by atomic mass is 9.68. The first kappa shape index (κ1) is 23.6. The summed E-state index contributed by atoms with van der Waals surface area (Å²) >= 11 is 0. The average Bonchev–Trinajstić information content (AvgIpc) is 2.79. The number of benzene rings is 2. The second-order valence-corrected chi connectivity index (χ2v) is 9.18. The molecule has 34 heavy (non-hydrogen) atoms. The number of ether oxygens (including phenoxy) is 3. The number of rotatable bonds is 5. The van der Waals surface area contributed by atoms with E-state index in [0.29, 0.717) is 32.4 Å². The summed E-state index contributed by atoms with van der Waals surface area (Å²) in [7, 11) is 0. The summed E-state index contributed by atoms with van der Waals surface area (Å²) in [6.07, 6.45) is 0.631. The van der Waals surface area contributed by atoms with Crippen molar-refractivity contribution in [2.45, 2.75) is 45.5 Å². The fourth-order valence-electron chi connectivity index (χ4n) is 4.55. The van der Waals surface area contributed by atoms with Gasteiger partial charge in [-0.3, -0.25) is 0 Å². The lowest BCUT2D eigenvalue weighted by Crippen LogP contribution is -2.49. The molecule has 0 unspecified atom stereocenters. The monoisotopic (exact) mass is 469 g/mol. The highest BCUT2D eigenvalue weighted by Crippen LogP contribution is 2.46. The third-order valence-corrected chi connectivity index (χ3v) is 6.27. The normalized spacial score (nSPS) is 19.3. The minimum atomic E-state index is -1.29. The van der Waals surface area contributed by atoms with Gasteiger partial charge in [0, 0.05) is 32.4 Å². The number of hydrogen-bond acceptors (Lipinski definition) is 6. The van der Waals surface area contributed by atoms with Crippen molar-refractivity contribution in [3.63, 3.8) is 0 Å². The van der Waals surface area contributed by atoms with E-state index in [2.05, 4.69) is 0 Å². The highest BCUT2D eigenvalue weighted by atomic mass is 19.1. The van der Waals surface area contributed by atoms with Gasteiger partial charge in [0.25, 0.3) is 11.7 Å². The van der Waals surface area contributed by atoms with Crippen LogP contribution in [0.15, 0.2) is 66.1 Å². The van der Waals surface area contributed by atoms with Gasteiger partial charge in [-0.25, -0.2) is 14.0 Å². The molecule has 1 saturated heterocycles. The van der Waals surface area contributed by atoms with Crippen molar-refractivity contribution in [1.29, 1.82) is 0 Å². The predicted molar refractivity (Wildman–Crippen MR) is 121 cm³/mol. The highest BCUT2D eigenvalue weighted by Gasteiger charge is 2.49. The molecule has 2 aliphatic rings. The summed E-state index contributed by atoms with van der Waals surface area (Å²) in [6, 6.07) is 15.4. The van der Waals surface area contributed by atoms with Crippen molar-refractivity contribution in [3.8, 4) is 0 Å². The summed E-state index contributed by atoms with van der Waals surface area (Å²) < 4.78 is 29.8. The molecule has 2 aromatic carbocycles. The quantitative estimate of drug-likeness (QED) is 0.629. The van der Waals surface area contributed by atoms with Crippen LogP contribution in [0.2, 0.25) is 0 Å². The van der Waals surface area contributed by atoms with Crippen LogP contribution in [0.1, 0.15) is 37.8 Å². The number of cyclic esters (lactones) is 1. The average molecular weight is 470 g/mol. The predicted octanol–water partition coefficient (Wildman–Crippen LogP) is 4.87. The van der Waals surface area contributed by atoms with Crippen LogP contribution in [0, 0.1) is 11.2 Å². The molecule has 2 aromatic rings. The Morgan fingerprint density at radius 2 is 1.68 bits per heavy atom. The fourth-order valence-corrected chi connectivity index (χ4v) is 4.55. The molecule has 4 rings (SSSR count). The van der Waals surface area contributed by atoms with Crippen molar-refractivity contribution < 1.29 is 33.3 Å². The van der Waals surface area contributed by atoms with Crippen molar-refractivity contribution in [2.24, 2.45) is 5.41 Å². The molecule has 0 spiro atoms. The van der Waals surface area contributed by atoms with Crippen molar-refractivity contribution in [2.75, 3.05) is 13.1 Å². The number of halogens is 1. The largest absolute Gasteiger partial charge is 0.480 e. The molecule has 180 valence electrons. The van der Waals surface area contributed by atoms with Crippen LogP contribution in [-0.2, 0) is 32.0 Å². The minimum absolute atomic E-state index is 0.0495. The van der Waals surface area contributed by atoms with Gasteiger partial charge in [0.1, 0.15) is 18.0 Å². The number of nitrogens with zero attached hydrogens (tertiary/aromatic N) is 1. The van der Waals surface area contributed by atoms with Crippen LogP contribution in [0.5, 0.6) is 0 Å². The Morgan fingerprint density at radius 3 is 2.29 bits per heavy atom. The summed E-state index contributed by atoms with van der Waals surface area (Å²) in [6.45, 7) is 3.86. The van der Waals surface area contributed by atoms with Crippen molar-refractivity contribution in [1.82, 2.24) is 4.90 Å². The second-order valence-electron chi connectivity index (χ2n) is 9.18. The molecule has 0 saturated carbocycles. The van der Waals surface area contributed by atoms with Gasteiger partial charge in [0.05, 0.1) is 0 Å². The Hall–Kier alpha value is -3.55. The number of carbonyl (C=O) groups is 2. The molecule has 1 amide bonds. The van der Waals surface area contributed by atoms with Gasteiger partial charge in [-0.2, -0.15) is 0 Å². The van der Waals surface area contributed by atoms with E-state index in [4.69, 9.17) is 14.2 Å². The molecule has 0 atom stereocenters. The van der Waals surface area contributed by atoms with Crippen LogP contribution < -0.4 is 0 Å². The number of piperidine rings is 1. The molecule has 0 aromatic heterocycles. The van der Waals surface area contributed by atoms with Crippen molar-refractivity contribution in [3.05, 3.63) is 83.1 Å². The molecule has 0 radical (unpaired) electrons. The molecule has 8 heteroatoms. The molecular formula is C26H28FNO6. The van der Waals surface area contributed by atoms with E-state index in [1.165, 1.54) is 26.0 Å². The molecule has 7 nitrogen and oxygen atoms in total. The van der Waals surface area contributed by atoms with E-state index in [1.807, 2.05) is 30.3 Å². The fraction of sp³-hybridized carbons (Fsp3) is 0.385. The molecule has 1 fully saturated rings. The van der Waals surface area contributed by atoms with Gasteiger partial charge in [0.2, 0.25) is 0 Å². The zero-order valence-corrected chi connectivity index (χ0v) is 19.3. The standard InChI is InChI=1S/C26H28FNO6/c1-25(2)33-22(29)21(23(30)34-25)26(16-18-8-10-20(27)11-9-18)12-14-28(15-13-26)24(31)32-17-19-6-4-3-5-7-19/h3-11,29H,12-17H2,1-2H3. The SMILES string of the molecule is CC1(C)OC(=O)C(C2(Cc3ccc(F)cc3)CCN(C(=O)OCc3ccccc3)CC2)=C(O)O1. The number of hydrogen-bond donors (Lipinski definition) is 1. The van der Waals surface area contributed by atoms with E-state index in [9.17, 15) is 19.1 Å². The Bertz CT molecular complexity index is 1070. The van der Waals surface area contributed by atoms with E-state index >= 15 is 0 Å². The summed E-state index contributed by atoms with van der Waals surface area (Å²) in [5, 5.41) is 10.7. The Morgan fingerprint density at radius 1 is 1.03 bits per heavy atom. The minimum Gasteiger partial charge on any atom is -0.480 e. The number of amides is 1. The Kier molecular flexibility index (Phi) is 6.50. The lowest BCUT2D eigenvalue weighted by Gasteiger charge is -2.44. The highest BCUT2D eigenvalue weighted by molar-refractivity contribution is 5.91. The molecule has 2 aliphatic heterocycles. The van der Waals surface area contributed by atoms with Crippen molar-refractivity contribution >= 4 is 12.1 Å². The zero-order chi connectivity index (χ0) is 24.3. The van der Waals surface area contributed by atoms with E-state index < -0.39 is 29.2 Å². The molecule has 0 aliphatic carbocycles. The van der Waals surface area contributed by atoms with Crippen LogP contribution >= 0.6 is 0 Å². The number of likely N-dealkylation sites (tertiary alicyclic amines) is 1. The van der Waals surface area contributed by atoms with Gasteiger partial charge >= 0.3 is 12.1 Å². The third-order valence-electron chi connectivity index (χ3n) is 6.27. The zero-order valence-electron chi connectivity index (χ0n) is 19.3. The number of aliphatic hydroxyl groups is 1. The maximum absolute atomic E-state index is 13.5. The van der Waals surface area contributed by atoms with Gasteiger partial charge < -0.3 is 24.2 Å². The van der Waals surface area contributed by atoms with E-state index in [1.54, 1.807) is 17.0 Å². The number of aliphatic hydroxyl groups excluding tert-OH is 1. The number of esters is 1. The molecular weight excluding hydrogens is 441 g/mol. The summed E-state index contributed by atoms with van der Waals surface area (Å²) in [5.41, 5.74) is 0.873. The first-order valence-corrected chi connectivity index (χ1v) is 11.2. The van der Waals surface area contributed by atoms with Gasteiger partial charge in [-0.15, -0.1) is 0 Å². The van der Waals surface area contributed by atoms with Crippen LogP contribution in [0.4, 0.5) is 9.18 Å². The summed E-state index contributed by atoms with van der Waals surface area (Å²) in [5.74, 6) is -2.78. The smallest absolute Gasteiger partial charge is 0.410 e. The Balaban J connectivity index is 1.54. The first-order chi connectivity index (χ1) is 16.2. The molecule has 2 heterocycles. The summed E-state index contributed by atoms with van der Waals surface area (Å²) in [4.78, 5) is 27.2. The van der Waals surface area contributed by atoms with E-state index in [0.717, 1.165) is 11.1 Å².